The number of nitrogens with two attached hydrogens (primary N) is 1. The van der Waals surface area contributed by atoms with Crippen molar-refractivity contribution in [2.24, 2.45) is 11.7 Å². The molecule has 2 heteroatoms. The van der Waals surface area contributed by atoms with Crippen molar-refractivity contribution in [3.8, 4) is 0 Å². The van der Waals surface area contributed by atoms with Gasteiger partial charge in [0.15, 0.2) is 0 Å². The summed E-state index contributed by atoms with van der Waals surface area (Å²) in [6.45, 7) is 4.61. The molecule has 1 heterocycles. The van der Waals surface area contributed by atoms with Crippen molar-refractivity contribution in [2.75, 3.05) is 19.8 Å². The maximum Gasteiger partial charge on any atom is 0.0501 e. The Labute approximate surface area is 91.4 Å². The molecule has 0 spiro atoms. The smallest absolute Gasteiger partial charge is 0.0501 e. The minimum Gasteiger partial charge on any atom is -0.381 e. The second-order valence-corrected chi connectivity index (χ2v) is 4.38. The van der Waals surface area contributed by atoms with Crippen LogP contribution in [0.4, 0.5) is 0 Å². The van der Waals surface area contributed by atoms with Gasteiger partial charge in [0.2, 0.25) is 0 Å². The number of ether oxygens (including phenoxy) is 1. The number of hydrogen-bond acceptors (Lipinski definition) is 2. The predicted molar refractivity (Wildman–Crippen MR) is 61.9 cm³/mol. The third-order valence-electron chi connectivity index (χ3n) is 3.26. The largest absolute Gasteiger partial charge is 0.381 e. The molecule has 2 nitrogen and oxygen atoms in total. The molecular formula is C13H19NO. The molecule has 0 radical (unpaired) electrons. The molecule has 0 bridgehead atoms. The van der Waals surface area contributed by atoms with Gasteiger partial charge in [0.1, 0.15) is 0 Å². The van der Waals surface area contributed by atoms with Crippen LogP contribution in [0.3, 0.4) is 0 Å². The van der Waals surface area contributed by atoms with Gasteiger partial charge in [-0.15, -0.1) is 0 Å². The number of aryl methyl sites for hydroxylation is 1. The van der Waals surface area contributed by atoms with E-state index in [1.165, 1.54) is 11.1 Å². The molecule has 1 saturated heterocycles. The number of hydrogen-bond donors (Lipinski definition) is 1. The zero-order valence-electron chi connectivity index (χ0n) is 9.28. The average Bonchev–Trinajstić information content (AvgIpc) is 2.72. The predicted octanol–water partition coefficient (Wildman–Crippen LogP) is 2.07. The van der Waals surface area contributed by atoms with E-state index in [2.05, 4.69) is 31.2 Å². The Kier molecular flexibility index (Phi) is 3.39. The van der Waals surface area contributed by atoms with E-state index in [1.807, 2.05) is 0 Å². The summed E-state index contributed by atoms with van der Waals surface area (Å²) in [5.41, 5.74) is 8.56. The van der Waals surface area contributed by atoms with Crippen LogP contribution in [0, 0.1) is 12.8 Å². The molecule has 0 amide bonds. The highest BCUT2D eigenvalue weighted by molar-refractivity contribution is 5.26. The van der Waals surface area contributed by atoms with Gasteiger partial charge in [-0.05, 0) is 31.4 Å². The fraction of sp³-hybridized carbons (Fsp3) is 0.538. The summed E-state index contributed by atoms with van der Waals surface area (Å²) in [5, 5.41) is 0. The molecule has 2 atom stereocenters. The molecule has 1 aliphatic heterocycles. The fourth-order valence-electron chi connectivity index (χ4n) is 2.37. The minimum atomic E-state index is 0.465. The maximum atomic E-state index is 5.88. The van der Waals surface area contributed by atoms with E-state index >= 15 is 0 Å². The molecule has 2 unspecified atom stereocenters. The van der Waals surface area contributed by atoms with E-state index in [9.17, 15) is 0 Å². The zero-order chi connectivity index (χ0) is 10.7. The Balaban J connectivity index is 2.18. The van der Waals surface area contributed by atoms with Crippen molar-refractivity contribution in [1.29, 1.82) is 0 Å². The monoisotopic (exact) mass is 205 g/mol. The normalized spacial score (nSPS) is 22.9. The lowest BCUT2D eigenvalue weighted by Gasteiger charge is -2.21. The SMILES string of the molecule is Cc1cccc(C(CN)C2CCOC2)c1. The molecule has 1 aromatic rings. The first-order valence-corrected chi connectivity index (χ1v) is 5.65. The van der Waals surface area contributed by atoms with Crippen molar-refractivity contribution in [3.05, 3.63) is 35.4 Å². The van der Waals surface area contributed by atoms with Gasteiger partial charge >= 0.3 is 0 Å². The molecular weight excluding hydrogens is 186 g/mol. The van der Waals surface area contributed by atoms with Gasteiger partial charge in [-0.2, -0.15) is 0 Å². The average molecular weight is 205 g/mol. The second kappa shape index (κ2) is 4.77. The molecule has 1 aliphatic rings. The standard InChI is InChI=1S/C13H19NO/c1-10-3-2-4-11(7-10)13(8-14)12-5-6-15-9-12/h2-4,7,12-13H,5-6,8-9,14H2,1H3. The summed E-state index contributed by atoms with van der Waals surface area (Å²) >= 11 is 0. The van der Waals surface area contributed by atoms with E-state index in [1.54, 1.807) is 0 Å². The summed E-state index contributed by atoms with van der Waals surface area (Å²) in [7, 11) is 0. The summed E-state index contributed by atoms with van der Waals surface area (Å²) in [6, 6.07) is 8.67. The summed E-state index contributed by atoms with van der Waals surface area (Å²) in [5.74, 6) is 1.07. The maximum absolute atomic E-state index is 5.88. The Morgan fingerprint density at radius 2 is 2.40 bits per heavy atom. The lowest BCUT2D eigenvalue weighted by molar-refractivity contribution is 0.181. The van der Waals surface area contributed by atoms with Crippen molar-refractivity contribution < 1.29 is 4.74 Å². The van der Waals surface area contributed by atoms with Gasteiger partial charge in [0, 0.05) is 12.5 Å². The second-order valence-electron chi connectivity index (χ2n) is 4.38. The van der Waals surface area contributed by atoms with Gasteiger partial charge in [-0.3, -0.25) is 0 Å². The first-order chi connectivity index (χ1) is 7.31. The lowest BCUT2D eigenvalue weighted by Crippen LogP contribution is -2.21. The van der Waals surface area contributed by atoms with Crippen LogP contribution in [0.5, 0.6) is 0 Å². The molecule has 2 N–H and O–H groups in total. The lowest BCUT2D eigenvalue weighted by atomic mass is 9.85. The number of benzene rings is 1. The van der Waals surface area contributed by atoms with E-state index in [4.69, 9.17) is 10.5 Å². The first-order valence-electron chi connectivity index (χ1n) is 5.65. The van der Waals surface area contributed by atoms with Crippen molar-refractivity contribution in [1.82, 2.24) is 0 Å². The van der Waals surface area contributed by atoms with Crippen LogP contribution < -0.4 is 5.73 Å². The van der Waals surface area contributed by atoms with Crippen LogP contribution in [0.15, 0.2) is 24.3 Å². The van der Waals surface area contributed by atoms with Crippen LogP contribution in [0.25, 0.3) is 0 Å². The summed E-state index contributed by atoms with van der Waals surface area (Å²) in [6.07, 6.45) is 1.15. The zero-order valence-corrected chi connectivity index (χ0v) is 9.28. The Morgan fingerprint density at radius 1 is 1.53 bits per heavy atom. The molecule has 0 aromatic heterocycles. The van der Waals surface area contributed by atoms with Crippen LogP contribution in [0.1, 0.15) is 23.5 Å². The van der Waals surface area contributed by atoms with Gasteiger partial charge in [0.05, 0.1) is 6.61 Å². The Hall–Kier alpha value is -0.860. The van der Waals surface area contributed by atoms with Crippen molar-refractivity contribution >= 4 is 0 Å². The van der Waals surface area contributed by atoms with Crippen molar-refractivity contribution in [2.45, 2.75) is 19.3 Å². The molecule has 0 aliphatic carbocycles. The number of rotatable bonds is 3. The molecule has 15 heavy (non-hydrogen) atoms. The summed E-state index contributed by atoms with van der Waals surface area (Å²) in [4.78, 5) is 0. The van der Waals surface area contributed by atoms with E-state index in [0.717, 1.165) is 26.2 Å². The van der Waals surface area contributed by atoms with Crippen molar-refractivity contribution in [3.63, 3.8) is 0 Å². The van der Waals surface area contributed by atoms with Crippen LogP contribution in [0.2, 0.25) is 0 Å². The third kappa shape index (κ3) is 2.39. The molecule has 1 aromatic carbocycles. The van der Waals surface area contributed by atoms with Gasteiger partial charge < -0.3 is 10.5 Å². The van der Waals surface area contributed by atoms with Gasteiger partial charge in [-0.1, -0.05) is 29.8 Å². The highest BCUT2D eigenvalue weighted by Gasteiger charge is 2.25. The fourth-order valence-corrected chi connectivity index (χ4v) is 2.37. The molecule has 2 rings (SSSR count). The highest BCUT2D eigenvalue weighted by Crippen LogP contribution is 2.30. The third-order valence-corrected chi connectivity index (χ3v) is 3.26. The highest BCUT2D eigenvalue weighted by atomic mass is 16.5. The Morgan fingerprint density at radius 3 is 3.00 bits per heavy atom. The van der Waals surface area contributed by atoms with Crippen LogP contribution in [-0.2, 0) is 4.74 Å². The van der Waals surface area contributed by atoms with E-state index < -0.39 is 0 Å². The van der Waals surface area contributed by atoms with Gasteiger partial charge in [-0.25, -0.2) is 0 Å². The quantitative estimate of drug-likeness (QED) is 0.820. The molecule has 1 fully saturated rings. The Bertz CT molecular complexity index is 318. The molecule has 82 valence electrons. The van der Waals surface area contributed by atoms with E-state index in [0.29, 0.717) is 11.8 Å². The minimum absolute atomic E-state index is 0.465. The summed E-state index contributed by atoms with van der Waals surface area (Å²) < 4.78 is 5.44. The van der Waals surface area contributed by atoms with Gasteiger partial charge in [0.25, 0.3) is 0 Å². The topological polar surface area (TPSA) is 35.2 Å². The van der Waals surface area contributed by atoms with Crippen LogP contribution >= 0.6 is 0 Å². The first kappa shape index (κ1) is 10.7. The van der Waals surface area contributed by atoms with Crippen LogP contribution in [-0.4, -0.2) is 19.8 Å². The molecule has 0 saturated carbocycles. The van der Waals surface area contributed by atoms with E-state index in [-0.39, 0.29) is 0 Å².